The molecule has 0 saturated heterocycles. The number of hydrogen-bond donors (Lipinski definition) is 2. The summed E-state index contributed by atoms with van der Waals surface area (Å²) in [5.74, 6) is 0.954. The van der Waals surface area contributed by atoms with E-state index >= 15 is 0 Å². The molecule has 0 aliphatic heterocycles. The fourth-order valence-electron chi connectivity index (χ4n) is 1.29. The molecule has 2 aromatic rings. The van der Waals surface area contributed by atoms with Gasteiger partial charge in [-0.2, -0.15) is 0 Å². The normalized spacial score (nSPS) is 9.57. The van der Waals surface area contributed by atoms with Crippen molar-refractivity contribution in [2.75, 3.05) is 0 Å². The van der Waals surface area contributed by atoms with Gasteiger partial charge in [0.25, 0.3) is 0 Å². The van der Waals surface area contributed by atoms with E-state index < -0.39 is 0 Å². The van der Waals surface area contributed by atoms with Crippen LogP contribution in [0.1, 0.15) is 11.4 Å². The van der Waals surface area contributed by atoms with Gasteiger partial charge in [-0.25, -0.2) is 4.98 Å². The minimum Gasteiger partial charge on any atom is -0.348 e. The van der Waals surface area contributed by atoms with Crippen LogP contribution in [0, 0.1) is 13.8 Å². The zero-order chi connectivity index (χ0) is 9.26. The molecule has 0 saturated carbocycles. The molecule has 74 valence electrons. The van der Waals surface area contributed by atoms with Gasteiger partial charge < -0.3 is 11.1 Å². The van der Waals surface area contributed by atoms with Crippen LogP contribution in [0.25, 0.3) is 11.3 Å². The Labute approximate surface area is 83.8 Å². The Bertz CT molecular complexity index is 401. The van der Waals surface area contributed by atoms with E-state index in [1.807, 2.05) is 13.1 Å². The molecule has 0 amide bonds. The zero-order valence-corrected chi connectivity index (χ0v) is 8.54. The van der Waals surface area contributed by atoms with E-state index in [9.17, 15) is 0 Å². The first-order valence-corrected chi connectivity index (χ1v) is 4.35. The third kappa shape index (κ3) is 2.00. The molecule has 0 aliphatic carbocycles. The predicted molar refractivity (Wildman–Crippen MR) is 58.5 cm³/mol. The van der Waals surface area contributed by atoms with Crippen molar-refractivity contribution in [1.82, 2.24) is 16.1 Å². The summed E-state index contributed by atoms with van der Waals surface area (Å²) in [7, 11) is 0. The first-order chi connectivity index (χ1) is 6.25. The van der Waals surface area contributed by atoms with Crippen LogP contribution in [0.15, 0.2) is 30.5 Å². The molecule has 14 heavy (non-hydrogen) atoms. The highest BCUT2D eigenvalue weighted by atomic mass is 14.9. The highest BCUT2D eigenvalue weighted by Gasteiger charge is 1.99. The smallest absolute Gasteiger partial charge is 0.103 e. The Morgan fingerprint density at radius 3 is 2.21 bits per heavy atom. The summed E-state index contributed by atoms with van der Waals surface area (Å²) in [6.07, 6.45) is 1.93. The molecule has 0 atom stereocenters. The third-order valence-corrected chi connectivity index (χ3v) is 2.05. The van der Waals surface area contributed by atoms with Crippen molar-refractivity contribution in [2.24, 2.45) is 0 Å². The molecule has 3 nitrogen and oxygen atoms in total. The van der Waals surface area contributed by atoms with Crippen molar-refractivity contribution >= 4 is 0 Å². The number of nitrogens with one attached hydrogen (secondary N) is 1. The molecule has 1 aromatic heterocycles. The molecule has 2 rings (SSSR count). The molecule has 3 heteroatoms. The van der Waals surface area contributed by atoms with Crippen molar-refractivity contribution in [2.45, 2.75) is 13.8 Å². The lowest BCUT2D eigenvalue weighted by molar-refractivity contribution is 1.15. The van der Waals surface area contributed by atoms with Gasteiger partial charge in [0, 0.05) is 11.8 Å². The van der Waals surface area contributed by atoms with Gasteiger partial charge in [-0.3, -0.25) is 0 Å². The molecular formula is C11H15N3. The highest BCUT2D eigenvalue weighted by molar-refractivity contribution is 5.58. The van der Waals surface area contributed by atoms with Crippen molar-refractivity contribution in [3.8, 4) is 11.3 Å². The van der Waals surface area contributed by atoms with Crippen molar-refractivity contribution in [1.29, 1.82) is 0 Å². The monoisotopic (exact) mass is 189 g/mol. The predicted octanol–water partition coefficient (Wildman–Crippen LogP) is 2.86. The van der Waals surface area contributed by atoms with E-state index in [1.165, 1.54) is 5.56 Å². The maximum Gasteiger partial charge on any atom is 0.103 e. The van der Waals surface area contributed by atoms with Crippen LogP contribution in [0.4, 0.5) is 0 Å². The second-order valence-electron chi connectivity index (χ2n) is 3.24. The Balaban J connectivity index is 0.000000980. The number of benzene rings is 1. The largest absolute Gasteiger partial charge is 0.348 e. The average Bonchev–Trinajstić information content (AvgIpc) is 2.53. The molecule has 1 aromatic carbocycles. The number of hydrogen-bond acceptors (Lipinski definition) is 2. The number of rotatable bonds is 1. The first kappa shape index (κ1) is 10.5. The lowest BCUT2D eigenvalue weighted by Crippen LogP contribution is -1.78. The van der Waals surface area contributed by atoms with E-state index in [4.69, 9.17) is 0 Å². The van der Waals surface area contributed by atoms with Crippen LogP contribution in [0.2, 0.25) is 0 Å². The molecule has 1 heterocycles. The molecule has 4 N–H and O–H groups in total. The van der Waals surface area contributed by atoms with Gasteiger partial charge in [0.15, 0.2) is 0 Å². The van der Waals surface area contributed by atoms with Crippen LogP contribution in [-0.4, -0.2) is 9.97 Å². The van der Waals surface area contributed by atoms with Crippen LogP contribution in [-0.2, 0) is 0 Å². The van der Waals surface area contributed by atoms with Crippen LogP contribution in [0.5, 0.6) is 0 Å². The van der Waals surface area contributed by atoms with Crippen LogP contribution in [0.3, 0.4) is 0 Å². The lowest BCUT2D eigenvalue weighted by Gasteiger charge is -1.96. The summed E-state index contributed by atoms with van der Waals surface area (Å²) in [5, 5.41) is 0. The highest BCUT2D eigenvalue weighted by Crippen LogP contribution is 2.16. The van der Waals surface area contributed by atoms with Gasteiger partial charge in [0.1, 0.15) is 5.82 Å². The van der Waals surface area contributed by atoms with E-state index in [-0.39, 0.29) is 6.15 Å². The van der Waals surface area contributed by atoms with Crippen molar-refractivity contribution in [3.05, 3.63) is 41.9 Å². The minimum atomic E-state index is 0. The Hall–Kier alpha value is -1.61. The first-order valence-electron chi connectivity index (χ1n) is 4.35. The molecule has 0 unspecified atom stereocenters. The zero-order valence-electron chi connectivity index (χ0n) is 8.54. The maximum atomic E-state index is 4.36. The molecule has 0 spiro atoms. The van der Waals surface area contributed by atoms with E-state index in [2.05, 4.69) is 41.2 Å². The number of nitrogens with zero attached hydrogens (tertiary/aromatic N) is 1. The second-order valence-corrected chi connectivity index (χ2v) is 3.24. The topological polar surface area (TPSA) is 63.7 Å². The van der Waals surface area contributed by atoms with E-state index in [1.54, 1.807) is 0 Å². The molecular weight excluding hydrogens is 174 g/mol. The standard InChI is InChI=1S/C11H12N2.H3N/c1-8-3-5-10(6-4-8)11-7-12-9(2)13-11;/h3-7H,1-2H3,(H,12,13);1H3. The lowest BCUT2D eigenvalue weighted by atomic mass is 10.1. The minimum absolute atomic E-state index is 0. The van der Waals surface area contributed by atoms with Gasteiger partial charge in [-0.15, -0.1) is 0 Å². The summed E-state index contributed by atoms with van der Waals surface area (Å²) in [6, 6.07) is 8.37. The van der Waals surface area contributed by atoms with Crippen LogP contribution >= 0.6 is 0 Å². The van der Waals surface area contributed by atoms with Gasteiger partial charge >= 0.3 is 0 Å². The molecule has 0 aliphatic rings. The Morgan fingerprint density at radius 2 is 1.71 bits per heavy atom. The summed E-state index contributed by atoms with van der Waals surface area (Å²) >= 11 is 0. The van der Waals surface area contributed by atoms with E-state index in [0.717, 1.165) is 17.1 Å². The fraction of sp³-hybridized carbons (Fsp3) is 0.182. The van der Waals surface area contributed by atoms with Gasteiger partial charge in [0.2, 0.25) is 0 Å². The second kappa shape index (κ2) is 4.07. The number of aromatic nitrogens is 2. The fourth-order valence-corrected chi connectivity index (χ4v) is 1.29. The quantitative estimate of drug-likeness (QED) is 0.724. The molecule has 0 radical (unpaired) electrons. The summed E-state index contributed by atoms with van der Waals surface area (Å²) < 4.78 is 0. The molecule has 0 fully saturated rings. The third-order valence-electron chi connectivity index (χ3n) is 2.05. The average molecular weight is 189 g/mol. The number of aryl methyl sites for hydroxylation is 2. The summed E-state index contributed by atoms with van der Waals surface area (Å²) in [4.78, 5) is 7.43. The van der Waals surface area contributed by atoms with Crippen LogP contribution < -0.4 is 6.15 Å². The Morgan fingerprint density at radius 1 is 1.07 bits per heavy atom. The van der Waals surface area contributed by atoms with Gasteiger partial charge in [-0.05, 0) is 13.8 Å². The summed E-state index contributed by atoms with van der Waals surface area (Å²) in [5.41, 5.74) is 3.45. The van der Waals surface area contributed by atoms with Gasteiger partial charge in [-0.1, -0.05) is 29.8 Å². The number of imidazole rings is 1. The number of aromatic amines is 1. The summed E-state index contributed by atoms with van der Waals surface area (Å²) in [6.45, 7) is 4.04. The van der Waals surface area contributed by atoms with Crippen molar-refractivity contribution in [3.63, 3.8) is 0 Å². The molecule has 0 bridgehead atoms. The SMILES string of the molecule is Cc1ccc(-c2c[nH]c(C)n2)cc1.N. The van der Waals surface area contributed by atoms with Crippen molar-refractivity contribution < 1.29 is 0 Å². The maximum absolute atomic E-state index is 4.36. The number of H-pyrrole nitrogens is 1. The van der Waals surface area contributed by atoms with Gasteiger partial charge in [0.05, 0.1) is 5.69 Å². The van der Waals surface area contributed by atoms with E-state index in [0.29, 0.717) is 0 Å². The Kier molecular flexibility index (Phi) is 3.04.